The maximum atomic E-state index is 13.3. The lowest BCUT2D eigenvalue weighted by atomic mass is 10.2. The Balaban J connectivity index is 1.63. The number of furan rings is 1. The van der Waals surface area contributed by atoms with E-state index in [1.807, 2.05) is 43.3 Å². The third kappa shape index (κ3) is 4.44. The summed E-state index contributed by atoms with van der Waals surface area (Å²) >= 11 is 1.18. The second kappa shape index (κ2) is 9.01. The highest BCUT2D eigenvalue weighted by molar-refractivity contribution is 7.99. The Morgan fingerprint density at radius 2 is 1.90 bits per heavy atom. The van der Waals surface area contributed by atoms with Crippen molar-refractivity contribution in [2.24, 2.45) is 5.10 Å². The molecule has 0 bridgehead atoms. The number of aromatic nitrogens is 2. The first-order chi connectivity index (χ1) is 15.0. The predicted octanol–water partition coefficient (Wildman–Crippen LogP) is 3.92. The quantitative estimate of drug-likeness (QED) is 0.216. The third-order valence-corrected chi connectivity index (χ3v) is 5.60. The van der Waals surface area contributed by atoms with Crippen LogP contribution in [0.25, 0.3) is 16.6 Å². The van der Waals surface area contributed by atoms with E-state index in [4.69, 9.17) is 4.42 Å². The van der Waals surface area contributed by atoms with Crippen LogP contribution in [0.1, 0.15) is 18.2 Å². The number of thioether (sulfide) groups is 1. The lowest BCUT2D eigenvalue weighted by molar-refractivity contribution is -0.118. The van der Waals surface area contributed by atoms with Gasteiger partial charge < -0.3 is 4.42 Å². The number of rotatable bonds is 6. The van der Waals surface area contributed by atoms with Crippen LogP contribution in [0.5, 0.6) is 0 Å². The van der Waals surface area contributed by atoms with Gasteiger partial charge in [0.15, 0.2) is 5.16 Å². The molecule has 4 rings (SSSR count). The summed E-state index contributed by atoms with van der Waals surface area (Å²) in [5.74, 6) is 0.318. The molecule has 0 saturated carbocycles. The topological polar surface area (TPSA) is 89.5 Å². The highest BCUT2D eigenvalue weighted by Gasteiger charge is 2.16. The second-order valence-electron chi connectivity index (χ2n) is 6.84. The van der Waals surface area contributed by atoms with Crippen molar-refractivity contribution in [1.29, 1.82) is 0 Å². The first-order valence-corrected chi connectivity index (χ1v) is 10.6. The molecule has 1 amide bonds. The van der Waals surface area contributed by atoms with Gasteiger partial charge in [0.25, 0.3) is 11.5 Å². The SMILES string of the molecule is C/C(=N\NC(=O)CSc1nc2ccccc2c(=O)n1-c1ccccc1C)c1ccco1. The minimum Gasteiger partial charge on any atom is -0.463 e. The fraction of sp³-hybridized carbons (Fsp3) is 0.130. The summed E-state index contributed by atoms with van der Waals surface area (Å²) in [5, 5.41) is 5.03. The van der Waals surface area contributed by atoms with Crippen molar-refractivity contribution < 1.29 is 9.21 Å². The molecule has 0 atom stereocenters. The van der Waals surface area contributed by atoms with Crippen LogP contribution in [0.15, 0.2) is 86.4 Å². The number of carbonyl (C=O) groups excluding carboxylic acids is 1. The van der Waals surface area contributed by atoms with Gasteiger partial charge in [-0.05, 0) is 49.7 Å². The van der Waals surface area contributed by atoms with Crippen molar-refractivity contribution in [3.63, 3.8) is 0 Å². The van der Waals surface area contributed by atoms with Gasteiger partial charge in [-0.3, -0.25) is 14.2 Å². The van der Waals surface area contributed by atoms with E-state index in [0.29, 0.717) is 27.5 Å². The maximum absolute atomic E-state index is 13.3. The molecule has 2 aromatic heterocycles. The molecule has 31 heavy (non-hydrogen) atoms. The molecule has 0 aliphatic rings. The van der Waals surface area contributed by atoms with Crippen LogP contribution in [-0.2, 0) is 4.79 Å². The van der Waals surface area contributed by atoms with Crippen molar-refractivity contribution in [2.75, 3.05) is 5.75 Å². The smallest absolute Gasteiger partial charge is 0.266 e. The van der Waals surface area contributed by atoms with Crippen molar-refractivity contribution in [2.45, 2.75) is 19.0 Å². The third-order valence-electron chi connectivity index (χ3n) is 4.66. The molecule has 4 aromatic rings. The molecule has 0 unspecified atom stereocenters. The first kappa shape index (κ1) is 20.6. The lowest BCUT2D eigenvalue weighted by Gasteiger charge is -2.14. The maximum Gasteiger partial charge on any atom is 0.266 e. The number of fused-ring (bicyclic) bond motifs is 1. The van der Waals surface area contributed by atoms with E-state index in [9.17, 15) is 9.59 Å². The van der Waals surface area contributed by atoms with E-state index in [1.165, 1.54) is 11.8 Å². The minimum atomic E-state index is -0.311. The van der Waals surface area contributed by atoms with Crippen LogP contribution < -0.4 is 11.0 Å². The van der Waals surface area contributed by atoms with E-state index in [-0.39, 0.29) is 17.2 Å². The van der Waals surface area contributed by atoms with Gasteiger partial charge in [0.1, 0.15) is 11.5 Å². The van der Waals surface area contributed by atoms with E-state index in [0.717, 1.165) is 11.3 Å². The van der Waals surface area contributed by atoms with Gasteiger partial charge in [-0.2, -0.15) is 5.10 Å². The molecular weight excluding hydrogens is 412 g/mol. The number of amides is 1. The summed E-state index contributed by atoms with van der Waals surface area (Å²) < 4.78 is 6.81. The zero-order valence-corrected chi connectivity index (χ0v) is 17.8. The van der Waals surface area contributed by atoms with Crippen LogP contribution in [0.4, 0.5) is 0 Å². The molecule has 0 aliphatic carbocycles. The number of hydrazone groups is 1. The van der Waals surface area contributed by atoms with Crippen molar-refractivity contribution in [1.82, 2.24) is 15.0 Å². The number of hydrogen-bond acceptors (Lipinski definition) is 6. The summed E-state index contributed by atoms with van der Waals surface area (Å²) in [5.41, 5.74) is 5.17. The summed E-state index contributed by atoms with van der Waals surface area (Å²) in [6.45, 7) is 3.68. The van der Waals surface area contributed by atoms with E-state index >= 15 is 0 Å². The highest BCUT2D eigenvalue weighted by Crippen LogP contribution is 2.23. The van der Waals surface area contributed by atoms with Crippen LogP contribution in [0.2, 0.25) is 0 Å². The van der Waals surface area contributed by atoms with E-state index in [2.05, 4.69) is 15.5 Å². The molecular formula is C23H20N4O3S. The average molecular weight is 433 g/mol. The zero-order valence-electron chi connectivity index (χ0n) is 17.0. The van der Waals surface area contributed by atoms with Gasteiger partial charge in [0.2, 0.25) is 0 Å². The Morgan fingerprint density at radius 3 is 2.68 bits per heavy atom. The Labute approximate surface area is 182 Å². The fourth-order valence-corrected chi connectivity index (χ4v) is 3.88. The largest absolute Gasteiger partial charge is 0.463 e. The van der Waals surface area contributed by atoms with E-state index in [1.54, 1.807) is 42.0 Å². The number of carbonyl (C=O) groups is 1. The van der Waals surface area contributed by atoms with Gasteiger partial charge >= 0.3 is 0 Å². The number of hydrogen-bond donors (Lipinski definition) is 1. The highest BCUT2D eigenvalue weighted by atomic mass is 32.2. The van der Waals surface area contributed by atoms with Crippen LogP contribution in [-0.4, -0.2) is 26.9 Å². The van der Waals surface area contributed by atoms with Gasteiger partial charge in [-0.15, -0.1) is 0 Å². The molecule has 0 aliphatic heterocycles. The first-order valence-electron chi connectivity index (χ1n) is 9.62. The van der Waals surface area contributed by atoms with Crippen LogP contribution in [0, 0.1) is 6.92 Å². The Bertz CT molecular complexity index is 1330. The average Bonchev–Trinajstić information content (AvgIpc) is 3.32. The zero-order chi connectivity index (χ0) is 21.8. The number of nitrogens with one attached hydrogen (secondary N) is 1. The van der Waals surface area contributed by atoms with E-state index < -0.39 is 0 Å². The van der Waals surface area contributed by atoms with Gasteiger partial charge in [-0.25, -0.2) is 10.4 Å². The molecule has 0 spiro atoms. The van der Waals surface area contributed by atoms with Crippen LogP contribution in [0.3, 0.4) is 0 Å². The molecule has 7 nitrogen and oxygen atoms in total. The monoisotopic (exact) mass is 432 g/mol. The molecule has 0 fully saturated rings. The summed E-state index contributed by atoms with van der Waals surface area (Å²) in [7, 11) is 0. The van der Waals surface area contributed by atoms with Gasteiger partial charge in [-0.1, -0.05) is 42.1 Å². The number of benzene rings is 2. The summed E-state index contributed by atoms with van der Waals surface area (Å²) in [6, 6.07) is 18.3. The minimum absolute atomic E-state index is 0.0472. The summed E-state index contributed by atoms with van der Waals surface area (Å²) in [4.78, 5) is 30.3. The van der Waals surface area contributed by atoms with Gasteiger partial charge in [0.05, 0.1) is 28.6 Å². The standard InChI is InChI=1S/C23H20N4O3S/c1-15-8-3-6-11-19(15)27-22(29)17-9-4-5-10-18(17)24-23(27)31-14-21(28)26-25-16(2)20-12-7-13-30-20/h3-13H,14H2,1-2H3,(H,26,28)/b25-16+. The number of nitrogens with zero attached hydrogens (tertiary/aromatic N) is 3. The molecule has 2 heterocycles. The Morgan fingerprint density at radius 1 is 1.13 bits per heavy atom. The fourth-order valence-electron chi connectivity index (χ4n) is 3.08. The van der Waals surface area contributed by atoms with Crippen molar-refractivity contribution in [3.8, 4) is 5.69 Å². The molecule has 8 heteroatoms. The summed E-state index contributed by atoms with van der Waals surface area (Å²) in [6.07, 6.45) is 1.54. The molecule has 1 N–H and O–H groups in total. The second-order valence-corrected chi connectivity index (χ2v) is 7.78. The van der Waals surface area contributed by atoms with Gasteiger partial charge in [0, 0.05) is 0 Å². The Hall–Kier alpha value is -3.65. The van der Waals surface area contributed by atoms with Crippen molar-refractivity contribution >= 4 is 34.3 Å². The molecule has 156 valence electrons. The normalized spacial score (nSPS) is 11.6. The number of para-hydroxylation sites is 2. The Kier molecular flexibility index (Phi) is 5.99. The molecule has 0 radical (unpaired) electrons. The van der Waals surface area contributed by atoms with Crippen molar-refractivity contribution in [3.05, 3.63) is 88.6 Å². The predicted molar refractivity (Wildman–Crippen MR) is 122 cm³/mol. The van der Waals surface area contributed by atoms with Crippen LogP contribution >= 0.6 is 11.8 Å². The molecule has 2 aromatic carbocycles. The molecule has 0 saturated heterocycles. The lowest BCUT2D eigenvalue weighted by Crippen LogP contribution is -2.25. The number of aryl methyl sites for hydroxylation is 1.